The zero-order chi connectivity index (χ0) is 11.3. The molecule has 3 heteroatoms. The van der Waals surface area contributed by atoms with Crippen LogP contribution in [-0.2, 0) is 4.79 Å². The van der Waals surface area contributed by atoms with Crippen molar-refractivity contribution in [2.45, 2.75) is 51.6 Å². The van der Waals surface area contributed by atoms with Crippen LogP contribution in [0.4, 0.5) is 0 Å². The monoisotopic (exact) mass is 222 g/mol. The Bertz CT molecular complexity index is 313. The van der Waals surface area contributed by atoms with Crippen molar-refractivity contribution >= 4 is 5.91 Å². The van der Waals surface area contributed by atoms with Crippen LogP contribution in [0.1, 0.15) is 39.5 Å². The lowest BCUT2D eigenvalue weighted by molar-refractivity contribution is -0.125. The summed E-state index contributed by atoms with van der Waals surface area (Å²) in [7, 11) is 0. The maximum absolute atomic E-state index is 12.0. The summed E-state index contributed by atoms with van der Waals surface area (Å²) in [5.41, 5.74) is 0.472. The predicted molar refractivity (Wildman–Crippen MR) is 63.0 cm³/mol. The molecule has 0 aromatic heterocycles. The van der Waals surface area contributed by atoms with E-state index in [4.69, 9.17) is 0 Å². The summed E-state index contributed by atoms with van der Waals surface area (Å²) in [6.07, 6.45) is 4.79. The molecule has 2 aliphatic heterocycles. The van der Waals surface area contributed by atoms with Gasteiger partial charge in [0.1, 0.15) is 0 Å². The van der Waals surface area contributed by atoms with Crippen molar-refractivity contribution in [1.82, 2.24) is 10.6 Å². The molecule has 3 aliphatic rings. The van der Waals surface area contributed by atoms with E-state index in [2.05, 4.69) is 24.5 Å². The highest BCUT2D eigenvalue weighted by molar-refractivity contribution is 5.80. The van der Waals surface area contributed by atoms with Gasteiger partial charge in [-0.3, -0.25) is 4.79 Å². The third-order valence-corrected chi connectivity index (χ3v) is 4.88. The summed E-state index contributed by atoms with van der Waals surface area (Å²) in [6, 6.07) is 1.09. The molecule has 4 unspecified atom stereocenters. The van der Waals surface area contributed by atoms with Crippen LogP contribution in [0.25, 0.3) is 0 Å². The third-order valence-electron chi connectivity index (χ3n) is 4.88. The van der Waals surface area contributed by atoms with Crippen LogP contribution in [0.2, 0.25) is 0 Å². The maximum Gasteiger partial charge on any atom is 0.224 e. The molecule has 3 nitrogen and oxygen atoms in total. The van der Waals surface area contributed by atoms with E-state index in [1.54, 1.807) is 0 Å². The van der Waals surface area contributed by atoms with Crippen LogP contribution in [0, 0.1) is 17.3 Å². The van der Waals surface area contributed by atoms with Gasteiger partial charge >= 0.3 is 0 Å². The van der Waals surface area contributed by atoms with E-state index in [0.717, 1.165) is 13.0 Å². The lowest BCUT2D eigenvalue weighted by Crippen LogP contribution is -2.38. The average molecular weight is 222 g/mol. The van der Waals surface area contributed by atoms with Crippen molar-refractivity contribution in [1.29, 1.82) is 0 Å². The van der Waals surface area contributed by atoms with Gasteiger partial charge in [-0.2, -0.15) is 0 Å². The van der Waals surface area contributed by atoms with Crippen LogP contribution in [-0.4, -0.2) is 24.5 Å². The number of rotatable bonds is 3. The minimum atomic E-state index is 0.251. The molecule has 0 aromatic carbocycles. The van der Waals surface area contributed by atoms with E-state index >= 15 is 0 Å². The molecule has 90 valence electrons. The van der Waals surface area contributed by atoms with Gasteiger partial charge in [0.2, 0.25) is 5.91 Å². The first-order valence-corrected chi connectivity index (χ1v) is 6.60. The second kappa shape index (κ2) is 3.46. The van der Waals surface area contributed by atoms with Gasteiger partial charge in [-0.15, -0.1) is 0 Å². The SMILES string of the molecule is CC1(C)CC1CNC(=O)C1CC2CCC1N2. The second-order valence-corrected chi connectivity index (χ2v) is 6.52. The fraction of sp³-hybridized carbons (Fsp3) is 0.923. The molecule has 2 bridgehead atoms. The van der Waals surface area contributed by atoms with Gasteiger partial charge in [0.05, 0.1) is 5.92 Å². The summed E-state index contributed by atoms with van der Waals surface area (Å²) in [6.45, 7) is 5.45. The van der Waals surface area contributed by atoms with Crippen molar-refractivity contribution in [3.8, 4) is 0 Å². The number of carbonyl (C=O) groups excluding carboxylic acids is 1. The molecule has 3 fully saturated rings. The number of amides is 1. The lowest BCUT2D eigenvalue weighted by Gasteiger charge is -2.19. The van der Waals surface area contributed by atoms with Gasteiger partial charge in [-0.05, 0) is 37.0 Å². The van der Waals surface area contributed by atoms with Gasteiger partial charge in [0, 0.05) is 18.6 Å². The molecule has 0 spiro atoms. The molecule has 16 heavy (non-hydrogen) atoms. The van der Waals surface area contributed by atoms with E-state index in [1.165, 1.54) is 19.3 Å². The zero-order valence-electron chi connectivity index (χ0n) is 10.3. The Hall–Kier alpha value is -0.570. The molecule has 4 atom stereocenters. The van der Waals surface area contributed by atoms with Crippen molar-refractivity contribution in [2.24, 2.45) is 17.3 Å². The van der Waals surface area contributed by atoms with Gasteiger partial charge in [0.25, 0.3) is 0 Å². The smallest absolute Gasteiger partial charge is 0.224 e. The highest BCUT2D eigenvalue weighted by atomic mass is 16.1. The minimum absolute atomic E-state index is 0.251. The number of hydrogen-bond donors (Lipinski definition) is 2. The molecule has 0 radical (unpaired) electrons. The van der Waals surface area contributed by atoms with Crippen molar-refractivity contribution < 1.29 is 4.79 Å². The summed E-state index contributed by atoms with van der Waals surface area (Å²) in [5, 5.41) is 6.67. The van der Waals surface area contributed by atoms with Gasteiger partial charge < -0.3 is 10.6 Å². The molecule has 3 rings (SSSR count). The van der Waals surface area contributed by atoms with Crippen LogP contribution in [0.5, 0.6) is 0 Å². The molecular weight excluding hydrogens is 200 g/mol. The van der Waals surface area contributed by atoms with Crippen LogP contribution in [0.15, 0.2) is 0 Å². The summed E-state index contributed by atoms with van der Waals surface area (Å²) in [4.78, 5) is 12.0. The molecule has 2 saturated heterocycles. The van der Waals surface area contributed by atoms with E-state index in [-0.39, 0.29) is 5.92 Å². The number of fused-ring (bicyclic) bond motifs is 2. The van der Waals surface area contributed by atoms with Crippen molar-refractivity contribution in [3.05, 3.63) is 0 Å². The maximum atomic E-state index is 12.0. The summed E-state index contributed by atoms with van der Waals surface area (Å²) < 4.78 is 0. The van der Waals surface area contributed by atoms with Gasteiger partial charge in [-0.25, -0.2) is 0 Å². The summed E-state index contributed by atoms with van der Waals surface area (Å²) >= 11 is 0. The number of nitrogens with one attached hydrogen (secondary N) is 2. The van der Waals surface area contributed by atoms with Crippen LogP contribution in [0.3, 0.4) is 0 Å². The zero-order valence-corrected chi connectivity index (χ0v) is 10.3. The third kappa shape index (κ3) is 1.75. The molecule has 2 N–H and O–H groups in total. The topological polar surface area (TPSA) is 41.1 Å². The van der Waals surface area contributed by atoms with Crippen molar-refractivity contribution in [3.63, 3.8) is 0 Å². The Kier molecular flexibility index (Phi) is 2.29. The fourth-order valence-electron chi connectivity index (χ4n) is 3.39. The average Bonchev–Trinajstić information content (AvgIpc) is 2.69. The summed E-state index contributed by atoms with van der Waals surface area (Å²) in [5.74, 6) is 1.26. The Morgan fingerprint density at radius 1 is 1.44 bits per heavy atom. The molecule has 0 aromatic rings. The first-order chi connectivity index (χ1) is 7.56. The highest BCUT2D eigenvalue weighted by Gasteiger charge is 2.46. The minimum Gasteiger partial charge on any atom is -0.356 e. The standard InChI is InChI=1S/C13H22N2O/c1-13(2)6-8(13)7-14-12(16)10-5-9-3-4-11(10)15-9/h8-11,15H,3-7H2,1-2H3,(H,14,16). The van der Waals surface area contributed by atoms with E-state index in [9.17, 15) is 4.79 Å². The van der Waals surface area contributed by atoms with Gasteiger partial charge in [0.15, 0.2) is 0 Å². The molecular formula is C13H22N2O. The Labute approximate surface area is 97.4 Å². The Balaban J connectivity index is 1.47. The molecule has 1 amide bonds. The molecule has 1 saturated carbocycles. The highest BCUT2D eigenvalue weighted by Crippen LogP contribution is 2.51. The Morgan fingerprint density at radius 3 is 2.69 bits per heavy atom. The molecule has 2 heterocycles. The molecule has 1 aliphatic carbocycles. The number of carbonyl (C=O) groups is 1. The number of hydrogen-bond acceptors (Lipinski definition) is 2. The van der Waals surface area contributed by atoms with E-state index in [0.29, 0.717) is 29.3 Å². The largest absolute Gasteiger partial charge is 0.356 e. The van der Waals surface area contributed by atoms with Crippen molar-refractivity contribution in [2.75, 3.05) is 6.54 Å². The van der Waals surface area contributed by atoms with Gasteiger partial charge in [-0.1, -0.05) is 13.8 Å². The Morgan fingerprint density at radius 2 is 2.19 bits per heavy atom. The predicted octanol–water partition coefficient (Wildman–Crippen LogP) is 1.29. The fourth-order valence-corrected chi connectivity index (χ4v) is 3.39. The quantitative estimate of drug-likeness (QED) is 0.755. The first-order valence-electron chi connectivity index (χ1n) is 6.60. The normalized spacial score (nSPS) is 43.4. The van der Waals surface area contributed by atoms with Crippen LogP contribution < -0.4 is 10.6 Å². The van der Waals surface area contributed by atoms with Crippen LogP contribution >= 0.6 is 0 Å². The van der Waals surface area contributed by atoms with E-state index in [1.807, 2.05) is 0 Å². The first kappa shape index (κ1) is 10.6. The lowest BCUT2D eigenvalue weighted by atomic mass is 9.88. The second-order valence-electron chi connectivity index (χ2n) is 6.52. The van der Waals surface area contributed by atoms with E-state index < -0.39 is 0 Å².